The lowest BCUT2D eigenvalue weighted by molar-refractivity contribution is -0.139. The minimum absolute atomic E-state index is 0.127. The Hall–Kier alpha value is -3.77. The summed E-state index contributed by atoms with van der Waals surface area (Å²) in [4.78, 5) is 27.8. The number of methoxy groups -OCH3 is 1. The van der Waals surface area contributed by atoms with Gasteiger partial charge in [0.25, 0.3) is 10.0 Å². The first-order chi connectivity index (χ1) is 19.6. The monoisotopic (exact) mass is 625 g/mol. The lowest BCUT2D eigenvalue weighted by Gasteiger charge is -2.32. The Morgan fingerprint density at radius 1 is 0.976 bits per heavy atom. The molecule has 0 spiro atoms. The highest BCUT2D eigenvalue weighted by molar-refractivity contribution is 7.92. The minimum Gasteiger partial charge on any atom is -0.497 e. The van der Waals surface area contributed by atoms with Crippen LogP contribution in [-0.4, -0.2) is 50.9 Å². The van der Waals surface area contributed by atoms with E-state index in [9.17, 15) is 31.2 Å². The molecule has 0 radical (unpaired) electrons. The smallest absolute Gasteiger partial charge is 0.416 e. The molecule has 42 heavy (non-hydrogen) atoms. The van der Waals surface area contributed by atoms with Crippen LogP contribution in [0, 0.1) is 0 Å². The van der Waals surface area contributed by atoms with Crippen LogP contribution in [0.1, 0.15) is 31.9 Å². The fourth-order valence-electron chi connectivity index (χ4n) is 4.07. The van der Waals surface area contributed by atoms with Gasteiger partial charge in [-0.3, -0.25) is 13.9 Å². The molecule has 0 fully saturated rings. The summed E-state index contributed by atoms with van der Waals surface area (Å²) in [5, 5.41) is 2.41. The van der Waals surface area contributed by atoms with Crippen LogP contribution < -0.4 is 14.4 Å². The number of halogens is 4. The molecule has 13 heteroatoms. The maximum Gasteiger partial charge on any atom is 0.416 e. The lowest BCUT2D eigenvalue weighted by Crippen LogP contribution is -2.52. The summed E-state index contributed by atoms with van der Waals surface area (Å²) in [6.45, 7) is 3.88. The van der Waals surface area contributed by atoms with Crippen LogP contribution in [0.5, 0.6) is 5.75 Å². The van der Waals surface area contributed by atoms with E-state index in [-0.39, 0.29) is 22.5 Å². The molecule has 3 aromatic carbocycles. The van der Waals surface area contributed by atoms with Gasteiger partial charge in [0.05, 0.1) is 28.3 Å². The number of rotatable bonds is 11. The SMILES string of the molecule is COc1cccc(CN(C(=O)CN(c2cc(C(F)(F)F)ccc2Cl)S(=O)(=O)c2ccccc2)[C@@H](C)C(=O)NC(C)C)c1. The first-order valence-electron chi connectivity index (χ1n) is 12.8. The van der Waals surface area contributed by atoms with E-state index >= 15 is 0 Å². The molecule has 0 aliphatic rings. The van der Waals surface area contributed by atoms with Gasteiger partial charge in [0.1, 0.15) is 18.3 Å². The van der Waals surface area contributed by atoms with Crippen molar-refractivity contribution >= 4 is 39.1 Å². The van der Waals surface area contributed by atoms with Crippen LogP contribution in [0.15, 0.2) is 77.7 Å². The Bertz CT molecular complexity index is 1520. The van der Waals surface area contributed by atoms with Crippen molar-refractivity contribution in [3.8, 4) is 5.75 Å². The van der Waals surface area contributed by atoms with Crippen molar-refractivity contribution in [2.45, 2.75) is 50.5 Å². The van der Waals surface area contributed by atoms with Crippen LogP contribution >= 0.6 is 11.6 Å². The molecule has 1 atom stereocenters. The molecule has 226 valence electrons. The van der Waals surface area contributed by atoms with Crippen molar-refractivity contribution in [3.05, 3.63) is 88.9 Å². The third-order valence-corrected chi connectivity index (χ3v) is 8.33. The number of alkyl halides is 3. The van der Waals surface area contributed by atoms with Crippen molar-refractivity contribution in [1.29, 1.82) is 0 Å². The first kappa shape index (κ1) is 32.7. The number of carbonyl (C=O) groups excluding carboxylic acids is 2. The summed E-state index contributed by atoms with van der Waals surface area (Å²) < 4.78 is 74.3. The standard InChI is InChI=1S/C29H31ClF3N3O5S/c1-19(2)34-28(38)20(3)35(17-21-9-8-10-23(15-21)41-4)27(37)18-36(42(39,40)24-11-6-5-7-12-24)26-16-22(29(31,32)33)13-14-25(26)30/h5-16,19-20H,17-18H2,1-4H3,(H,34,38)/t20-/m0/s1. The molecule has 0 bridgehead atoms. The van der Waals surface area contributed by atoms with Crippen molar-refractivity contribution in [2.75, 3.05) is 18.0 Å². The number of benzene rings is 3. The summed E-state index contributed by atoms with van der Waals surface area (Å²) in [6, 6.07) is 14.5. The molecule has 8 nitrogen and oxygen atoms in total. The Labute approximate surface area is 248 Å². The van der Waals surface area contributed by atoms with Crippen LogP contribution in [-0.2, 0) is 32.3 Å². The zero-order chi connectivity index (χ0) is 31.2. The second-order valence-electron chi connectivity index (χ2n) is 9.70. The van der Waals surface area contributed by atoms with Gasteiger partial charge in [-0.05, 0) is 68.8 Å². The summed E-state index contributed by atoms with van der Waals surface area (Å²) in [5.41, 5.74) is -1.12. The van der Waals surface area contributed by atoms with Gasteiger partial charge in [-0.15, -0.1) is 0 Å². The van der Waals surface area contributed by atoms with E-state index in [1.54, 1.807) is 44.2 Å². The number of hydrogen-bond acceptors (Lipinski definition) is 5. The van der Waals surface area contributed by atoms with Gasteiger partial charge in [-0.25, -0.2) is 8.42 Å². The Kier molecular flexibility index (Phi) is 10.5. The van der Waals surface area contributed by atoms with Crippen molar-refractivity contribution in [2.24, 2.45) is 0 Å². The van der Waals surface area contributed by atoms with Crippen molar-refractivity contribution in [3.63, 3.8) is 0 Å². The molecule has 0 unspecified atom stereocenters. The Balaban J connectivity index is 2.13. The largest absolute Gasteiger partial charge is 0.497 e. The summed E-state index contributed by atoms with van der Waals surface area (Å²) in [6.07, 6.45) is -4.81. The molecule has 2 amide bonds. The summed E-state index contributed by atoms with van der Waals surface area (Å²) >= 11 is 6.25. The molecule has 0 heterocycles. The van der Waals surface area contributed by atoms with Crippen LogP contribution in [0.3, 0.4) is 0 Å². The van der Waals surface area contributed by atoms with E-state index in [4.69, 9.17) is 16.3 Å². The molecule has 3 rings (SSSR count). The minimum atomic E-state index is -4.81. The maximum atomic E-state index is 13.9. The molecule has 0 saturated carbocycles. The molecule has 0 aromatic heterocycles. The van der Waals surface area contributed by atoms with Crippen LogP contribution in [0.25, 0.3) is 0 Å². The second-order valence-corrected chi connectivity index (χ2v) is 12.0. The van der Waals surface area contributed by atoms with Gasteiger partial charge >= 0.3 is 6.18 Å². The van der Waals surface area contributed by atoms with Gasteiger partial charge in [-0.2, -0.15) is 13.2 Å². The maximum absolute atomic E-state index is 13.9. The highest BCUT2D eigenvalue weighted by atomic mass is 35.5. The number of nitrogens with zero attached hydrogens (tertiary/aromatic N) is 2. The molecular formula is C29H31ClF3N3O5S. The zero-order valence-corrected chi connectivity index (χ0v) is 24.9. The zero-order valence-electron chi connectivity index (χ0n) is 23.4. The molecule has 3 aromatic rings. The predicted octanol–water partition coefficient (Wildman–Crippen LogP) is 5.50. The average Bonchev–Trinajstić information content (AvgIpc) is 2.94. The number of ether oxygens (including phenoxy) is 1. The van der Waals surface area contributed by atoms with Crippen molar-refractivity contribution in [1.82, 2.24) is 10.2 Å². The number of sulfonamides is 1. The van der Waals surface area contributed by atoms with Gasteiger partial charge in [0.2, 0.25) is 11.8 Å². The highest BCUT2D eigenvalue weighted by Crippen LogP contribution is 2.37. The number of nitrogens with one attached hydrogen (secondary N) is 1. The van der Waals surface area contributed by atoms with Crippen LogP contribution in [0.2, 0.25) is 5.02 Å². The van der Waals surface area contributed by atoms with Gasteiger partial charge in [0.15, 0.2) is 0 Å². The van der Waals surface area contributed by atoms with E-state index in [1.165, 1.54) is 38.3 Å². The normalized spacial score (nSPS) is 12.5. The third kappa shape index (κ3) is 7.95. The average molecular weight is 626 g/mol. The molecule has 0 saturated heterocycles. The Morgan fingerprint density at radius 2 is 1.64 bits per heavy atom. The summed E-state index contributed by atoms with van der Waals surface area (Å²) in [7, 11) is -3.14. The fourth-order valence-corrected chi connectivity index (χ4v) is 5.78. The number of amides is 2. The highest BCUT2D eigenvalue weighted by Gasteiger charge is 2.36. The third-order valence-electron chi connectivity index (χ3n) is 6.24. The molecular weight excluding hydrogens is 595 g/mol. The van der Waals surface area contributed by atoms with E-state index in [2.05, 4.69) is 5.32 Å². The van der Waals surface area contributed by atoms with Gasteiger partial charge in [0, 0.05) is 12.6 Å². The first-order valence-corrected chi connectivity index (χ1v) is 14.6. The Morgan fingerprint density at radius 3 is 2.24 bits per heavy atom. The lowest BCUT2D eigenvalue weighted by atomic mass is 10.1. The summed E-state index contributed by atoms with van der Waals surface area (Å²) in [5.74, 6) is -0.865. The predicted molar refractivity (Wildman–Crippen MR) is 154 cm³/mol. The number of anilines is 1. The molecule has 0 aliphatic heterocycles. The fraction of sp³-hybridized carbons (Fsp3) is 0.310. The van der Waals surface area contributed by atoms with E-state index in [0.717, 1.165) is 11.0 Å². The topological polar surface area (TPSA) is 96.0 Å². The van der Waals surface area contributed by atoms with E-state index in [0.29, 0.717) is 27.8 Å². The second kappa shape index (κ2) is 13.5. The van der Waals surface area contributed by atoms with Crippen LogP contribution in [0.4, 0.5) is 18.9 Å². The van der Waals surface area contributed by atoms with E-state index in [1.807, 2.05) is 0 Å². The molecule has 0 aliphatic carbocycles. The quantitative estimate of drug-likeness (QED) is 0.303. The number of hydrogen-bond donors (Lipinski definition) is 1. The van der Waals surface area contributed by atoms with Crippen molar-refractivity contribution < 1.29 is 35.9 Å². The number of carbonyl (C=O) groups is 2. The van der Waals surface area contributed by atoms with Gasteiger partial charge < -0.3 is 15.0 Å². The molecule has 1 N–H and O–H groups in total. The van der Waals surface area contributed by atoms with E-state index < -0.39 is 51.9 Å². The van der Waals surface area contributed by atoms with Gasteiger partial charge in [-0.1, -0.05) is 41.9 Å².